The van der Waals surface area contributed by atoms with Crippen LogP contribution in [0.4, 0.5) is 0 Å². The molecule has 1 heterocycles. The molecule has 1 aliphatic rings. The van der Waals surface area contributed by atoms with E-state index in [1.807, 2.05) is 0 Å². The summed E-state index contributed by atoms with van der Waals surface area (Å²) >= 11 is 0. The van der Waals surface area contributed by atoms with Crippen LogP contribution in [0.3, 0.4) is 0 Å². The summed E-state index contributed by atoms with van der Waals surface area (Å²) in [6.45, 7) is 12.0. The Morgan fingerprint density at radius 1 is 1.19 bits per heavy atom. The van der Waals surface area contributed by atoms with E-state index in [0.717, 1.165) is 5.92 Å². The van der Waals surface area contributed by atoms with Crippen LogP contribution in [0.2, 0.25) is 0 Å². The maximum absolute atomic E-state index is 2.67. The highest BCUT2D eigenvalue weighted by atomic mass is 15.2. The normalized spacial score (nSPS) is 36.0. The minimum Gasteiger partial charge on any atom is -0.296 e. The first kappa shape index (κ1) is 14.0. The van der Waals surface area contributed by atoms with E-state index in [4.69, 9.17) is 0 Å². The largest absolute Gasteiger partial charge is 0.296 e. The van der Waals surface area contributed by atoms with E-state index >= 15 is 0 Å². The second-order valence-corrected chi connectivity index (χ2v) is 6.64. The first-order chi connectivity index (χ1) is 7.35. The Balaban J connectivity index is 2.92. The molecule has 1 saturated heterocycles. The second-order valence-electron chi connectivity index (χ2n) is 6.64. The molecule has 0 saturated carbocycles. The molecule has 0 aliphatic carbocycles. The third kappa shape index (κ3) is 2.80. The van der Waals surface area contributed by atoms with E-state index < -0.39 is 0 Å². The van der Waals surface area contributed by atoms with Crippen LogP contribution in [-0.2, 0) is 0 Å². The lowest BCUT2D eigenvalue weighted by atomic mass is 9.83. The van der Waals surface area contributed by atoms with Crippen molar-refractivity contribution in [2.75, 3.05) is 7.05 Å². The lowest BCUT2D eigenvalue weighted by Gasteiger charge is -2.47. The lowest BCUT2D eigenvalue weighted by molar-refractivity contribution is 0.0268. The van der Waals surface area contributed by atoms with Crippen molar-refractivity contribution in [3.8, 4) is 0 Å². The zero-order valence-electron chi connectivity index (χ0n) is 12.3. The predicted octanol–water partition coefficient (Wildman–Crippen LogP) is 4.47. The summed E-state index contributed by atoms with van der Waals surface area (Å²) in [4.78, 5) is 2.67. The molecule has 1 nitrogen and oxygen atoms in total. The van der Waals surface area contributed by atoms with Crippen LogP contribution in [0.5, 0.6) is 0 Å². The quantitative estimate of drug-likeness (QED) is 0.685. The average molecular weight is 225 g/mol. The van der Waals surface area contributed by atoms with Gasteiger partial charge in [0.05, 0.1) is 0 Å². The molecule has 0 aromatic rings. The van der Waals surface area contributed by atoms with Gasteiger partial charge in [-0.05, 0) is 59.4 Å². The molecular weight excluding hydrogens is 194 g/mol. The number of likely N-dealkylation sites (tertiary alicyclic amines) is 1. The van der Waals surface area contributed by atoms with Crippen LogP contribution in [0.1, 0.15) is 73.1 Å². The predicted molar refractivity (Wildman–Crippen MR) is 72.8 cm³/mol. The van der Waals surface area contributed by atoms with Gasteiger partial charge in [-0.1, -0.05) is 26.7 Å². The summed E-state index contributed by atoms with van der Waals surface area (Å²) in [6, 6.07) is 0. The van der Waals surface area contributed by atoms with E-state index in [9.17, 15) is 0 Å². The summed E-state index contributed by atoms with van der Waals surface area (Å²) in [5.41, 5.74) is 0.781. The molecule has 2 atom stereocenters. The average Bonchev–Trinajstić information content (AvgIpc) is 2.30. The molecule has 1 heteroatoms. The third-order valence-electron chi connectivity index (χ3n) is 4.98. The van der Waals surface area contributed by atoms with Gasteiger partial charge >= 0.3 is 0 Å². The monoisotopic (exact) mass is 225 g/mol. The Morgan fingerprint density at radius 3 is 2.31 bits per heavy atom. The lowest BCUT2D eigenvalue weighted by Crippen LogP contribution is -2.53. The van der Waals surface area contributed by atoms with E-state index in [2.05, 4.69) is 46.6 Å². The van der Waals surface area contributed by atoms with Crippen molar-refractivity contribution in [1.82, 2.24) is 4.90 Å². The van der Waals surface area contributed by atoms with Gasteiger partial charge < -0.3 is 0 Å². The van der Waals surface area contributed by atoms with Crippen LogP contribution >= 0.6 is 0 Å². The summed E-state index contributed by atoms with van der Waals surface area (Å²) in [7, 11) is 2.34. The fourth-order valence-corrected chi connectivity index (χ4v) is 3.47. The van der Waals surface area contributed by atoms with Crippen molar-refractivity contribution in [2.24, 2.45) is 5.92 Å². The highest BCUT2D eigenvalue weighted by molar-refractivity contribution is 4.97. The summed E-state index contributed by atoms with van der Waals surface area (Å²) in [5, 5.41) is 0. The Kier molecular flexibility index (Phi) is 4.45. The van der Waals surface area contributed by atoms with Crippen molar-refractivity contribution >= 4 is 0 Å². The minimum atomic E-state index is 0.369. The van der Waals surface area contributed by atoms with E-state index in [1.165, 1.54) is 38.5 Å². The van der Waals surface area contributed by atoms with Crippen LogP contribution in [0.15, 0.2) is 0 Å². The molecule has 0 aromatic heterocycles. The number of rotatable bonds is 3. The number of nitrogens with zero attached hydrogens (tertiary/aromatic N) is 1. The second kappa shape index (κ2) is 5.08. The zero-order valence-corrected chi connectivity index (χ0v) is 12.3. The van der Waals surface area contributed by atoms with Crippen LogP contribution in [0.25, 0.3) is 0 Å². The standard InChI is InChI=1S/C15H31N/c1-7-10-15(5)12-13(8-2)9-11-14(3,4)16(15)6/h13H,7-12H2,1-6H3. The summed E-state index contributed by atoms with van der Waals surface area (Å²) in [6.07, 6.45) is 8.13. The fourth-order valence-electron chi connectivity index (χ4n) is 3.47. The maximum atomic E-state index is 2.67. The molecule has 0 N–H and O–H groups in total. The van der Waals surface area contributed by atoms with Gasteiger partial charge in [0.2, 0.25) is 0 Å². The smallest absolute Gasteiger partial charge is 0.0186 e. The first-order valence-electron chi connectivity index (χ1n) is 7.09. The van der Waals surface area contributed by atoms with Crippen LogP contribution in [-0.4, -0.2) is 23.0 Å². The van der Waals surface area contributed by atoms with Crippen molar-refractivity contribution in [1.29, 1.82) is 0 Å². The van der Waals surface area contributed by atoms with E-state index in [-0.39, 0.29) is 0 Å². The highest BCUT2D eigenvalue weighted by Gasteiger charge is 2.41. The van der Waals surface area contributed by atoms with Gasteiger partial charge in [-0.2, -0.15) is 0 Å². The molecule has 0 radical (unpaired) electrons. The molecule has 1 aliphatic heterocycles. The molecule has 0 bridgehead atoms. The Hall–Kier alpha value is -0.0400. The minimum absolute atomic E-state index is 0.369. The topological polar surface area (TPSA) is 3.24 Å². The van der Waals surface area contributed by atoms with Gasteiger partial charge in [0.1, 0.15) is 0 Å². The first-order valence-corrected chi connectivity index (χ1v) is 7.09. The van der Waals surface area contributed by atoms with Crippen molar-refractivity contribution in [2.45, 2.75) is 84.2 Å². The van der Waals surface area contributed by atoms with Gasteiger partial charge in [0.15, 0.2) is 0 Å². The summed E-state index contributed by atoms with van der Waals surface area (Å²) in [5.74, 6) is 0.931. The van der Waals surface area contributed by atoms with Gasteiger partial charge in [-0.25, -0.2) is 0 Å². The molecule has 96 valence electrons. The molecule has 1 fully saturated rings. The molecule has 0 aromatic carbocycles. The highest BCUT2D eigenvalue weighted by Crippen LogP contribution is 2.41. The van der Waals surface area contributed by atoms with Gasteiger partial charge in [-0.15, -0.1) is 0 Å². The van der Waals surface area contributed by atoms with E-state index in [0.29, 0.717) is 11.1 Å². The molecule has 1 rings (SSSR count). The Bertz CT molecular complexity index is 221. The van der Waals surface area contributed by atoms with Gasteiger partial charge in [-0.3, -0.25) is 4.90 Å². The maximum Gasteiger partial charge on any atom is 0.0186 e. The molecule has 0 spiro atoms. The van der Waals surface area contributed by atoms with E-state index in [1.54, 1.807) is 0 Å². The van der Waals surface area contributed by atoms with Crippen LogP contribution < -0.4 is 0 Å². The zero-order chi connectivity index (χ0) is 12.4. The van der Waals surface area contributed by atoms with Gasteiger partial charge in [0.25, 0.3) is 0 Å². The SMILES string of the molecule is CCCC1(C)CC(CC)CCC(C)(C)N1C. The van der Waals surface area contributed by atoms with Gasteiger partial charge in [0, 0.05) is 11.1 Å². The summed E-state index contributed by atoms with van der Waals surface area (Å²) < 4.78 is 0. The third-order valence-corrected chi connectivity index (χ3v) is 4.98. The fraction of sp³-hybridized carbons (Fsp3) is 1.00. The number of hydrogen-bond donors (Lipinski definition) is 0. The number of hydrogen-bond acceptors (Lipinski definition) is 1. The molecule has 2 unspecified atom stereocenters. The Labute approximate surface area is 103 Å². The van der Waals surface area contributed by atoms with Crippen molar-refractivity contribution in [3.05, 3.63) is 0 Å². The Morgan fingerprint density at radius 2 is 1.81 bits per heavy atom. The molecule has 16 heavy (non-hydrogen) atoms. The van der Waals surface area contributed by atoms with Crippen molar-refractivity contribution in [3.63, 3.8) is 0 Å². The van der Waals surface area contributed by atoms with Crippen molar-refractivity contribution < 1.29 is 0 Å². The van der Waals surface area contributed by atoms with Crippen LogP contribution in [0, 0.1) is 5.92 Å². The molecule has 0 amide bonds. The molecular formula is C15H31N.